The van der Waals surface area contributed by atoms with Gasteiger partial charge in [0.15, 0.2) is 0 Å². The minimum Gasteiger partial charge on any atom is -0.497 e. The normalized spacial score (nSPS) is 13.3. The van der Waals surface area contributed by atoms with Crippen LogP contribution in [0.1, 0.15) is 40.1 Å². The molecule has 1 amide bonds. The van der Waals surface area contributed by atoms with E-state index in [1.54, 1.807) is 13.2 Å². The summed E-state index contributed by atoms with van der Waals surface area (Å²) in [7, 11) is 1.58. The molecule has 0 aliphatic carbocycles. The number of allylic oxidation sites excluding steroid dienone is 2. The molecule has 0 saturated heterocycles. The van der Waals surface area contributed by atoms with Crippen LogP contribution in [0.3, 0.4) is 0 Å². The average molecular weight is 487 g/mol. The smallest absolute Gasteiger partial charge is 0.418 e. The van der Waals surface area contributed by atoms with Crippen molar-refractivity contribution in [3.8, 4) is 0 Å². The number of hydrogen-bond donors (Lipinski definition) is 2. The number of thiazole rings is 1. The first-order valence-corrected chi connectivity index (χ1v) is 10.5. The minimum absolute atomic E-state index is 0.180. The van der Waals surface area contributed by atoms with Crippen molar-refractivity contribution in [2.45, 2.75) is 26.1 Å². The average Bonchev–Trinajstić information content (AvgIpc) is 3.24. The van der Waals surface area contributed by atoms with E-state index in [0.29, 0.717) is 23.4 Å². The summed E-state index contributed by atoms with van der Waals surface area (Å²) < 4.78 is 44.1. The second-order valence-electron chi connectivity index (χ2n) is 6.55. The topological polar surface area (TPSA) is 76.1 Å². The lowest BCUT2D eigenvalue weighted by Gasteiger charge is -2.11. The number of pyridine rings is 1. The first-order chi connectivity index (χ1) is 15.0. The van der Waals surface area contributed by atoms with E-state index in [9.17, 15) is 18.0 Å². The summed E-state index contributed by atoms with van der Waals surface area (Å²) in [6.07, 6.45) is 3.00. The summed E-state index contributed by atoms with van der Waals surface area (Å²) in [4.78, 5) is 20.6. The third-order valence-corrected chi connectivity index (χ3v) is 5.64. The molecule has 2 rings (SSSR count). The van der Waals surface area contributed by atoms with Gasteiger partial charge >= 0.3 is 6.18 Å². The number of nitrogens with zero attached hydrogens (tertiary/aromatic N) is 2. The van der Waals surface area contributed by atoms with Gasteiger partial charge in [-0.25, -0.2) is 9.97 Å². The number of nitrogens with one attached hydrogen (secondary N) is 2. The molecule has 2 heterocycles. The molecule has 0 spiro atoms. The van der Waals surface area contributed by atoms with Crippen LogP contribution in [0.15, 0.2) is 54.6 Å². The largest absolute Gasteiger partial charge is 0.497 e. The van der Waals surface area contributed by atoms with E-state index in [1.165, 1.54) is 6.20 Å². The number of hydrogen-bond acceptors (Lipinski definition) is 6. The molecule has 1 unspecified atom stereocenters. The molecule has 0 radical (unpaired) electrons. The molecule has 11 heteroatoms. The van der Waals surface area contributed by atoms with Gasteiger partial charge in [0.05, 0.1) is 29.9 Å². The Labute approximate surface area is 192 Å². The van der Waals surface area contributed by atoms with E-state index in [1.807, 2.05) is 26.0 Å². The van der Waals surface area contributed by atoms with Crippen LogP contribution in [0.2, 0.25) is 5.02 Å². The number of methoxy groups -OCH3 is 1. The first kappa shape index (κ1) is 25.6. The van der Waals surface area contributed by atoms with E-state index in [4.69, 9.17) is 16.3 Å². The molecule has 0 aliphatic heterocycles. The maximum absolute atomic E-state index is 13.0. The van der Waals surface area contributed by atoms with Gasteiger partial charge in [0.2, 0.25) is 0 Å². The van der Waals surface area contributed by atoms with E-state index in [2.05, 4.69) is 27.2 Å². The summed E-state index contributed by atoms with van der Waals surface area (Å²) >= 11 is 6.66. The Kier molecular flexibility index (Phi) is 8.99. The van der Waals surface area contributed by atoms with Crippen molar-refractivity contribution in [1.29, 1.82) is 0 Å². The van der Waals surface area contributed by atoms with Crippen LogP contribution in [-0.4, -0.2) is 29.5 Å². The Morgan fingerprint density at radius 2 is 2.06 bits per heavy atom. The van der Waals surface area contributed by atoms with Gasteiger partial charge < -0.3 is 15.4 Å². The first-order valence-electron chi connectivity index (χ1n) is 9.34. The van der Waals surface area contributed by atoms with Crippen LogP contribution in [0.5, 0.6) is 0 Å². The quantitative estimate of drug-likeness (QED) is 0.347. The number of halogens is 4. The van der Waals surface area contributed by atoms with Crippen molar-refractivity contribution >= 4 is 34.7 Å². The number of amides is 1. The molecule has 1 atom stereocenters. The molecule has 2 aromatic heterocycles. The van der Waals surface area contributed by atoms with Gasteiger partial charge in [-0.3, -0.25) is 4.79 Å². The molecular weight excluding hydrogens is 465 g/mol. The Balaban J connectivity index is 1.98. The van der Waals surface area contributed by atoms with Gasteiger partial charge in [0, 0.05) is 12.7 Å². The fourth-order valence-corrected chi connectivity index (χ4v) is 3.46. The monoisotopic (exact) mass is 486 g/mol. The van der Waals surface area contributed by atoms with Crippen molar-refractivity contribution in [3.05, 3.63) is 75.1 Å². The standard InChI is InChI=1S/C21H22ClF3N4O2S/c1-5-14(31-4)7-6-12(2)9-26-13(3)20-28-11-17(32-20)19(30)29-18-8-15(21(23,24)25)16(22)10-27-18/h5-8,10-11,13,26H,2,9H2,1,3-4H3,(H,27,29,30)/b7-6-,14-5+. The van der Waals surface area contributed by atoms with Crippen molar-refractivity contribution in [2.24, 2.45) is 0 Å². The summed E-state index contributed by atoms with van der Waals surface area (Å²) in [5, 5.41) is 5.68. The molecule has 0 aliphatic rings. The lowest BCUT2D eigenvalue weighted by Crippen LogP contribution is -2.20. The van der Waals surface area contributed by atoms with Crippen LogP contribution in [0.4, 0.5) is 19.0 Å². The third kappa shape index (κ3) is 7.18. The van der Waals surface area contributed by atoms with Crippen LogP contribution < -0.4 is 10.6 Å². The number of carbonyl (C=O) groups excluding carboxylic acids is 1. The molecule has 2 N–H and O–H groups in total. The number of alkyl halides is 3. The van der Waals surface area contributed by atoms with Crippen molar-refractivity contribution < 1.29 is 22.7 Å². The molecular formula is C21H22ClF3N4O2S. The number of aromatic nitrogens is 2. The fourth-order valence-electron chi connectivity index (χ4n) is 2.41. The molecule has 172 valence electrons. The molecule has 0 bridgehead atoms. The SMILES string of the molecule is C=C(/C=C\C(=C/C)OC)CNC(C)c1ncc(C(=O)Nc2cc(C(F)(F)F)c(Cl)cn2)s1. The van der Waals surface area contributed by atoms with Crippen LogP contribution in [0.25, 0.3) is 0 Å². The highest BCUT2D eigenvalue weighted by atomic mass is 35.5. The van der Waals surface area contributed by atoms with Gasteiger partial charge in [-0.15, -0.1) is 11.3 Å². The second kappa shape index (κ2) is 11.3. The molecule has 6 nitrogen and oxygen atoms in total. The van der Waals surface area contributed by atoms with Crippen LogP contribution in [-0.2, 0) is 10.9 Å². The third-order valence-electron chi connectivity index (χ3n) is 4.16. The summed E-state index contributed by atoms with van der Waals surface area (Å²) in [5.74, 6) is -0.158. The van der Waals surface area contributed by atoms with E-state index < -0.39 is 22.7 Å². The zero-order valence-corrected chi connectivity index (χ0v) is 19.2. The summed E-state index contributed by atoms with van der Waals surface area (Å²) in [6.45, 7) is 8.18. The Bertz CT molecular complexity index is 1030. The molecule has 0 aromatic carbocycles. The van der Waals surface area contributed by atoms with Gasteiger partial charge in [-0.2, -0.15) is 13.2 Å². The summed E-state index contributed by atoms with van der Waals surface area (Å²) in [5.41, 5.74) is -0.259. The minimum atomic E-state index is -4.66. The van der Waals surface area contributed by atoms with Crippen molar-refractivity contribution in [2.75, 3.05) is 19.0 Å². The zero-order valence-electron chi connectivity index (χ0n) is 17.6. The number of rotatable bonds is 9. The van der Waals surface area contributed by atoms with Crippen LogP contribution in [0, 0.1) is 0 Å². The molecule has 0 fully saturated rings. The fraction of sp³-hybridized carbons (Fsp3) is 0.286. The van der Waals surface area contributed by atoms with Gasteiger partial charge in [0.1, 0.15) is 21.5 Å². The number of anilines is 1. The summed E-state index contributed by atoms with van der Waals surface area (Å²) in [6, 6.07) is 0.509. The van der Waals surface area contributed by atoms with Gasteiger partial charge in [-0.1, -0.05) is 24.3 Å². The number of carbonyl (C=O) groups is 1. The van der Waals surface area contributed by atoms with Crippen molar-refractivity contribution in [3.63, 3.8) is 0 Å². The van der Waals surface area contributed by atoms with Gasteiger partial charge in [0.25, 0.3) is 5.91 Å². The van der Waals surface area contributed by atoms with E-state index >= 15 is 0 Å². The molecule has 32 heavy (non-hydrogen) atoms. The Morgan fingerprint density at radius 1 is 1.34 bits per heavy atom. The maximum Gasteiger partial charge on any atom is 0.418 e. The predicted molar refractivity (Wildman–Crippen MR) is 120 cm³/mol. The lowest BCUT2D eigenvalue weighted by molar-refractivity contribution is -0.137. The van der Waals surface area contributed by atoms with Gasteiger partial charge in [-0.05, 0) is 37.6 Å². The highest BCUT2D eigenvalue weighted by molar-refractivity contribution is 7.13. The highest BCUT2D eigenvalue weighted by Gasteiger charge is 2.34. The predicted octanol–water partition coefficient (Wildman–Crippen LogP) is 5.78. The molecule has 0 saturated carbocycles. The Morgan fingerprint density at radius 3 is 2.69 bits per heavy atom. The molecule has 2 aromatic rings. The van der Waals surface area contributed by atoms with Crippen LogP contribution >= 0.6 is 22.9 Å². The number of ether oxygens (including phenoxy) is 1. The van der Waals surface area contributed by atoms with E-state index in [-0.39, 0.29) is 16.7 Å². The van der Waals surface area contributed by atoms with E-state index in [0.717, 1.165) is 23.1 Å². The Hall–Kier alpha value is -2.69. The lowest BCUT2D eigenvalue weighted by atomic mass is 10.2. The zero-order chi connectivity index (χ0) is 23.9. The second-order valence-corrected chi connectivity index (χ2v) is 8.02. The maximum atomic E-state index is 13.0. The highest BCUT2D eigenvalue weighted by Crippen LogP contribution is 2.35. The van der Waals surface area contributed by atoms with Crippen molar-refractivity contribution in [1.82, 2.24) is 15.3 Å².